The monoisotopic (exact) mass is 438 g/mol. The number of amides is 2. The molecule has 0 unspecified atom stereocenters. The summed E-state index contributed by atoms with van der Waals surface area (Å²) in [6, 6.07) is 2.15. The number of carbonyl (C=O) groups is 2. The van der Waals surface area contributed by atoms with Crippen molar-refractivity contribution in [2.75, 3.05) is 6.54 Å². The van der Waals surface area contributed by atoms with Gasteiger partial charge >= 0.3 is 6.09 Å². The third kappa shape index (κ3) is 5.00. The Hall–Kier alpha value is -2.22. The van der Waals surface area contributed by atoms with Crippen LogP contribution in [0.1, 0.15) is 70.2 Å². The van der Waals surface area contributed by atoms with Gasteiger partial charge in [0.15, 0.2) is 0 Å². The molecule has 4 atom stereocenters. The normalized spacial score (nSPS) is 28.6. The zero-order valence-electron chi connectivity index (χ0n) is 18.6. The SMILES string of the molecule is CC(C)(C)OC(=O)N1[C@@H](CNC(=O)c2ccc(F)cc2F)C[C@@]2(C)[C@@H](O)CCCC[C@@H]12. The van der Waals surface area contributed by atoms with Crippen LogP contribution in [0.25, 0.3) is 0 Å². The highest BCUT2D eigenvalue weighted by molar-refractivity contribution is 5.94. The molecular formula is C23H32F2N2O4. The quantitative estimate of drug-likeness (QED) is 0.747. The molecule has 1 aromatic carbocycles. The third-order valence-electron chi connectivity index (χ3n) is 6.41. The second-order valence-corrected chi connectivity index (χ2v) is 9.90. The van der Waals surface area contributed by atoms with Crippen LogP contribution in [-0.2, 0) is 4.74 Å². The van der Waals surface area contributed by atoms with Crippen molar-refractivity contribution < 1.29 is 28.2 Å². The predicted octanol–water partition coefficient (Wildman–Crippen LogP) is 4.01. The highest BCUT2D eigenvalue weighted by Crippen LogP contribution is 2.48. The molecule has 2 fully saturated rings. The van der Waals surface area contributed by atoms with E-state index in [4.69, 9.17) is 4.74 Å². The molecule has 0 aromatic heterocycles. The van der Waals surface area contributed by atoms with E-state index in [2.05, 4.69) is 5.32 Å². The number of ether oxygens (including phenoxy) is 1. The topological polar surface area (TPSA) is 78.9 Å². The molecule has 8 heteroatoms. The standard InChI is InChI=1S/C23H32F2N2O4/c1-22(2,3)31-21(30)27-15(12-23(4)18(27)7-5-6-8-19(23)28)13-26-20(29)16-10-9-14(24)11-17(16)25/h9-11,15,18-19,28H,5-8,12-13H2,1-4H3,(H,26,29)/t15-,18-,19+,23-/m1/s1. The van der Waals surface area contributed by atoms with E-state index < -0.39 is 46.8 Å². The van der Waals surface area contributed by atoms with Crippen molar-refractivity contribution in [2.45, 2.75) is 83.6 Å². The first-order valence-corrected chi connectivity index (χ1v) is 10.8. The molecule has 1 aliphatic carbocycles. The molecule has 1 saturated carbocycles. The molecule has 2 amide bonds. The van der Waals surface area contributed by atoms with E-state index in [0.717, 1.165) is 31.4 Å². The van der Waals surface area contributed by atoms with Gasteiger partial charge in [0.05, 0.1) is 17.7 Å². The van der Waals surface area contributed by atoms with Crippen molar-refractivity contribution in [1.82, 2.24) is 10.2 Å². The molecule has 31 heavy (non-hydrogen) atoms. The average Bonchev–Trinajstić information content (AvgIpc) is 2.87. The number of nitrogens with one attached hydrogen (secondary N) is 1. The third-order valence-corrected chi connectivity index (χ3v) is 6.41. The van der Waals surface area contributed by atoms with Crippen LogP contribution in [0.5, 0.6) is 0 Å². The van der Waals surface area contributed by atoms with E-state index >= 15 is 0 Å². The van der Waals surface area contributed by atoms with E-state index in [9.17, 15) is 23.5 Å². The van der Waals surface area contributed by atoms with Gasteiger partial charge in [0.2, 0.25) is 0 Å². The first kappa shape index (κ1) is 23.4. The fourth-order valence-electron chi connectivity index (χ4n) is 4.89. The van der Waals surface area contributed by atoms with Crippen molar-refractivity contribution in [2.24, 2.45) is 5.41 Å². The molecule has 1 saturated heterocycles. The first-order chi connectivity index (χ1) is 14.4. The van der Waals surface area contributed by atoms with Gasteiger partial charge in [-0.1, -0.05) is 19.8 Å². The number of halogens is 2. The van der Waals surface area contributed by atoms with Crippen molar-refractivity contribution in [1.29, 1.82) is 0 Å². The summed E-state index contributed by atoms with van der Waals surface area (Å²) in [6.07, 6.45) is 2.61. The van der Waals surface area contributed by atoms with Crippen LogP contribution in [0, 0.1) is 17.0 Å². The molecule has 2 N–H and O–H groups in total. The molecule has 0 bridgehead atoms. The number of benzene rings is 1. The lowest BCUT2D eigenvalue weighted by atomic mass is 9.75. The minimum Gasteiger partial charge on any atom is -0.444 e. The summed E-state index contributed by atoms with van der Waals surface area (Å²) in [5.74, 6) is -2.39. The van der Waals surface area contributed by atoms with Crippen LogP contribution < -0.4 is 5.32 Å². The van der Waals surface area contributed by atoms with Crippen LogP contribution in [0.3, 0.4) is 0 Å². The highest BCUT2D eigenvalue weighted by atomic mass is 19.1. The Morgan fingerprint density at radius 2 is 1.94 bits per heavy atom. The molecule has 0 radical (unpaired) electrons. The van der Waals surface area contributed by atoms with Crippen molar-refractivity contribution >= 4 is 12.0 Å². The Kier molecular flexibility index (Phi) is 6.60. The number of rotatable bonds is 3. The van der Waals surface area contributed by atoms with Gasteiger partial charge in [0.1, 0.15) is 17.2 Å². The van der Waals surface area contributed by atoms with Crippen molar-refractivity contribution in [3.8, 4) is 0 Å². The molecule has 172 valence electrons. The van der Waals surface area contributed by atoms with Gasteiger partial charge in [-0.2, -0.15) is 0 Å². The zero-order valence-corrected chi connectivity index (χ0v) is 18.6. The minimum atomic E-state index is -0.944. The smallest absolute Gasteiger partial charge is 0.410 e. The predicted molar refractivity (Wildman–Crippen MR) is 112 cm³/mol. The summed E-state index contributed by atoms with van der Waals surface area (Å²) in [4.78, 5) is 27.3. The van der Waals surface area contributed by atoms with E-state index in [1.807, 2.05) is 6.92 Å². The molecule has 1 aliphatic heterocycles. The Bertz CT molecular complexity index is 841. The first-order valence-electron chi connectivity index (χ1n) is 10.8. The maximum Gasteiger partial charge on any atom is 0.410 e. The minimum absolute atomic E-state index is 0.0771. The van der Waals surface area contributed by atoms with Gasteiger partial charge < -0.3 is 15.2 Å². The van der Waals surface area contributed by atoms with Gasteiger partial charge in [-0.25, -0.2) is 13.6 Å². The van der Waals surface area contributed by atoms with E-state index in [-0.39, 0.29) is 18.2 Å². The second kappa shape index (κ2) is 8.73. The van der Waals surface area contributed by atoms with Gasteiger partial charge in [-0.05, 0) is 52.2 Å². The number of aliphatic hydroxyl groups excluding tert-OH is 1. The molecule has 1 aromatic rings. The largest absolute Gasteiger partial charge is 0.444 e. The summed E-state index contributed by atoms with van der Waals surface area (Å²) in [7, 11) is 0. The molecule has 1 heterocycles. The molecule has 3 rings (SSSR count). The average molecular weight is 439 g/mol. The van der Waals surface area contributed by atoms with Crippen LogP contribution in [0.4, 0.5) is 13.6 Å². The Morgan fingerprint density at radius 3 is 2.58 bits per heavy atom. The molecular weight excluding hydrogens is 406 g/mol. The fraction of sp³-hybridized carbons (Fsp3) is 0.652. The Morgan fingerprint density at radius 1 is 1.26 bits per heavy atom. The van der Waals surface area contributed by atoms with Crippen LogP contribution in [0.15, 0.2) is 18.2 Å². The number of hydrogen-bond acceptors (Lipinski definition) is 4. The van der Waals surface area contributed by atoms with Crippen LogP contribution >= 0.6 is 0 Å². The van der Waals surface area contributed by atoms with Crippen molar-refractivity contribution in [3.05, 3.63) is 35.4 Å². The van der Waals surface area contributed by atoms with Crippen LogP contribution in [-0.4, -0.2) is 52.3 Å². The second-order valence-electron chi connectivity index (χ2n) is 9.90. The number of aliphatic hydroxyl groups is 1. The van der Waals surface area contributed by atoms with E-state index in [1.54, 1.807) is 25.7 Å². The summed E-state index contributed by atoms with van der Waals surface area (Å²) >= 11 is 0. The maximum atomic E-state index is 14.0. The van der Waals surface area contributed by atoms with Crippen LogP contribution in [0.2, 0.25) is 0 Å². The number of carbonyl (C=O) groups excluding carboxylic acids is 2. The van der Waals surface area contributed by atoms with Crippen molar-refractivity contribution in [3.63, 3.8) is 0 Å². The van der Waals surface area contributed by atoms with E-state index in [0.29, 0.717) is 18.9 Å². The van der Waals surface area contributed by atoms with E-state index in [1.165, 1.54) is 0 Å². The summed E-state index contributed by atoms with van der Waals surface area (Å²) < 4.78 is 32.8. The van der Waals surface area contributed by atoms with Gasteiger partial charge in [-0.15, -0.1) is 0 Å². The fourth-order valence-corrected chi connectivity index (χ4v) is 4.89. The molecule has 2 aliphatic rings. The number of hydrogen-bond donors (Lipinski definition) is 2. The lowest BCUT2D eigenvalue weighted by Gasteiger charge is -2.37. The number of likely N-dealkylation sites (tertiary alicyclic amines) is 1. The lowest BCUT2D eigenvalue weighted by Crippen LogP contribution is -2.50. The zero-order chi connectivity index (χ0) is 23.0. The molecule has 6 nitrogen and oxygen atoms in total. The lowest BCUT2D eigenvalue weighted by molar-refractivity contribution is -0.00901. The summed E-state index contributed by atoms with van der Waals surface area (Å²) in [6.45, 7) is 7.42. The van der Waals surface area contributed by atoms with Gasteiger partial charge in [0.25, 0.3) is 5.91 Å². The number of fused-ring (bicyclic) bond motifs is 1. The molecule has 0 spiro atoms. The highest BCUT2D eigenvalue weighted by Gasteiger charge is 2.55. The van der Waals surface area contributed by atoms with Gasteiger partial charge in [0, 0.05) is 24.1 Å². The summed E-state index contributed by atoms with van der Waals surface area (Å²) in [5, 5.41) is 13.5. The Balaban J connectivity index is 1.82. The summed E-state index contributed by atoms with van der Waals surface area (Å²) in [5.41, 5.74) is -1.47. The van der Waals surface area contributed by atoms with Gasteiger partial charge in [-0.3, -0.25) is 9.69 Å². The maximum absolute atomic E-state index is 14.0. The Labute approximate surface area is 181 Å². The number of nitrogens with zero attached hydrogens (tertiary/aromatic N) is 1.